The summed E-state index contributed by atoms with van der Waals surface area (Å²) in [5, 5.41) is 3.26. The average Bonchev–Trinajstić information content (AvgIpc) is 2.68. The standard InChI is InChI=1S/C17H25N3O5S2/c21-26(22)16-12-14(27(23,24)20-8-10-25-11-9-20)6-7-15(16)18-17(19-26)13-4-2-1-3-5-13/h6-7,12-13,17-19H,1-5,8-11H2. The van der Waals surface area contributed by atoms with Crippen LogP contribution in [0.5, 0.6) is 0 Å². The zero-order valence-corrected chi connectivity index (χ0v) is 16.7. The lowest BCUT2D eigenvalue weighted by atomic mass is 9.87. The van der Waals surface area contributed by atoms with Crippen LogP contribution >= 0.6 is 0 Å². The summed E-state index contributed by atoms with van der Waals surface area (Å²) in [5.41, 5.74) is 0.463. The molecule has 0 amide bonds. The molecular formula is C17H25N3O5S2. The zero-order chi connectivity index (χ0) is 19.1. The Labute approximate surface area is 160 Å². The fraction of sp³-hybridized carbons (Fsp3) is 0.647. The molecule has 1 saturated heterocycles. The van der Waals surface area contributed by atoms with Crippen molar-refractivity contribution in [3.8, 4) is 0 Å². The molecule has 1 unspecified atom stereocenters. The first-order chi connectivity index (χ1) is 12.9. The van der Waals surface area contributed by atoms with Crippen LogP contribution in [0.4, 0.5) is 5.69 Å². The quantitative estimate of drug-likeness (QED) is 0.771. The number of ether oxygens (including phenoxy) is 1. The number of nitrogens with one attached hydrogen (secondary N) is 2. The third-order valence-electron chi connectivity index (χ3n) is 5.56. The van der Waals surface area contributed by atoms with E-state index in [0.717, 1.165) is 25.7 Å². The van der Waals surface area contributed by atoms with Crippen LogP contribution in [-0.4, -0.2) is 53.6 Å². The lowest BCUT2D eigenvalue weighted by Crippen LogP contribution is -2.49. The molecular weight excluding hydrogens is 390 g/mol. The van der Waals surface area contributed by atoms with E-state index in [1.165, 1.54) is 22.9 Å². The summed E-state index contributed by atoms with van der Waals surface area (Å²) < 4.78 is 60.5. The fourth-order valence-electron chi connectivity index (χ4n) is 4.05. The highest BCUT2D eigenvalue weighted by Gasteiger charge is 2.36. The van der Waals surface area contributed by atoms with E-state index >= 15 is 0 Å². The van der Waals surface area contributed by atoms with E-state index in [0.29, 0.717) is 18.9 Å². The van der Waals surface area contributed by atoms with Gasteiger partial charge in [0.15, 0.2) is 0 Å². The first kappa shape index (κ1) is 19.1. The number of anilines is 1. The van der Waals surface area contributed by atoms with Crippen molar-refractivity contribution in [3.05, 3.63) is 18.2 Å². The Hall–Kier alpha value is -1.20. The smallest absolute Gasteiger partial charge is 0.244 e. The molecule has 1 atom stereocenters. The van der Waals surface area contributed by atoms with Gasteiger partial charge in [0.1, 0.15) is 4.90 Å². The molecule has 1 aromatic rings. The van der Waals surface area contributed by atoms with Crippen molar-refractivity contribution in [1.82, 2.24) is 9.03 Å². The molecule has 4 rings (SSSR count). The Morgan fingerprint density at radius 1 is 1.07 bits per heavy atom. The second kappa shape index (κ2) is 7.32. The van der Waals surface area contributed by atoms with Crippen LogP contribution in [0.15, 0.2) is 28.0 Å². The maximum Gasteiger partial charge on any atom is 0.244 e. The Balaban J connectivity index is 1.64. The molecule has 0 spiro atoms. The van der Waals surface area contributed by atoms with E-state index in [1.807, 2.05) is 0 Å². The summed E-state index contributed by atoms with van der Waals surface area (Å²) in [5.74, 6) is 0.249. The van der Waals surface area contributed by atoms with E-state index in [4.69, 9.17) is 4.74 Å². The average molecular weight is 416 g/mol. The summed E-state index contributed by atoms with van der Waals surface area (Å²) in [7, 11) is -7.52. The van der Waals surface area contributed by atoms with Crippen LogP contribution in [0, 0.1) is 5.92 Å². The van der Waals surface area contributed by atoms with Gasteiger partial charge in [0, 0.05) is 13.1 Å². The van der Waals surface area contributed by atoms with Gasteiger partial charge in [-0.05, 0) is 37.0 Å². The Kier molecular flexibility index (Phi) is 5.19. The number of rotatable bonds is 3. The van der Waals surface area contributed by atoms with Crippen molar-refractivity contribution in [2.75, 3.05) is 31.6 Å². The van der Waals surface area contributed by atoms with Gasteiger partial charge in [-0.25, -0.2) is 16.8 Å². The highest BCUT2D eigenvalue weighted by molar-refractivity contribution is 7.90. The minimum absolute atomic E-state index is 0.00792. The molecule has 0 radical (unpaired) electrons. The number of nitrogens with zero attached hydrogens (tertiary/aromatic N) is 1. The van der Waals surface area contributed by atoms with E-state index < -0.39 is 20.0 Å². The second-order valence-corrected chi connectivity index (χ2v) is 10.9. The van der Waals surface area contributed by atoms with Gasteiger partial charge in [-0.3, -0.25) is 0 Å². The molecule has 3 aliphatic rings. The van der Waals surface area contributed by atoms with Gasteiger partial charge in [0.05, 0.1) is 30.0 Å². The summed E-state index contributed by atoms with van der Waals surface area (Å²) in [6.45, 7) is 1.22. The molecule has 1 aromatic carbocycles. The number of hydrogen-bond acceptors (Lipinski definition) is 6. The topological polar surface area (TPSA) is 105 Å². The van der Waals surface area contributed by atoms with Crippen molar-refractivity contribution >= 4 is 25.7 Å². The van der Waals surface area contributed by atoms with E-state index in [1.54, 1.807) is 6.07 Å². The summed E-state index contributed by atoms with van der Waals surface area (Å²) >= 11 is 0. The number of sulfonamides is 2. The first-order valence-electron chi connectivity index (χ1n) is 9.39. The molecule has 8 nitrogen and oxygen atoms in total. The van der Waals surface area contributed by atoms with Crippen LogP contribution in [0.25, 0.3) is 0 Å². The van der Waals surface area contributed by atoms with Crippen molar-refractivity contribution < 1.29 is 21.6 Å². The summed E-state index contributed by atoms with van der Waals surface area (Å²) in [6, 6.07) is 4.30. The van der Waals surface area contributed by atoms with Crippen LogP contribution in [0.3, 0.4) is 0 Å². The Morgan fingerprint density at radius 3 is 2.48 bits per heavy atom. The predicted molar refractivity (Wildman–Crippen MR) is 100 cm³/mol. The molecule has 0 bridgehead atoms. The van der Waals surface area contributed by atoms with Crippen molar-refractivity contribution in [2.45, 2.75) is 48.1 Å². The van der Waals surface area contributed by atoms with Crippen LogP contribution in [0.2, 0.25) is 0 Å². The van der Waals surface area contributed by atoms with Crippen LogP contribution in [-0.2, 0) is 24.8 Å². The third-order valence-corrected chi connectivity index (χ3v) is 8.94. The van der Waals surface area contributed by atoms with Gasteiger partial charge >= 0.3 is 0 Å². The molecule has 0 aromatic heterocycles. The van der Waals surface area contributed by atoms with Crippen LogP contribution < -0.4 is 10.0 Å². The maximum absolute atomic E-state index is 12.8. The van der Waals surface area contributed by atoms with Gasteiger partial charge in [-0.1, -0.05) is 19.3 Å². The molecule has 2 fully saturated rings. The summed E-state index contributed by atoms with van der Waals surface area (Å²) in [4.78, 5) is -0.0182. The van der Waals surface area contributed by atoms with Crippen molar-refractivity contribution in [2.24, 2.45) is 5.92 Å². The molecule has 2 N–H and O–H groups in total. The highest BCUT2D eigenvalue weighted by Crippen LogP contribution is 2.34. The van der Waals surface area contributed by atoms with E-state index in [2.05, 4.69) is 10.0 Å². The van der Waals surface area contributed by atoms with Gasteiger partial charge in [0.25, 0.3) is 0 Å². The number of morpholine rings is 1. The largest absolute Gasteiger partial charge is 0.379 e. The molecule has 1 saturated carbocycles. The van der Waals surface area contributed by atoms with Gasteiger partial charge in [0.2, 0.25) is 20.0 Å². The number of fused-ring (bicyclic) bond motifs is 1. The molecule has 2 heterocycles. The fourth-order valence-corrected chi connectivity index (χ4v) is 6.97. The van der Waals surface area contributed by atoms with Gasteiger partial charge in [-0.2, -0.15) is 9.03 Å². The normalized spacial score (nSPS) is 26.9. The minimum atomic E-state index is -3.77. The van der Waals surface area contributed by atoms with Gasteiger partial charge < -0.3 is 10.1 Å². The summed E-state index contributed by atoms with van der Waals surface area (Å²) in [6.07, 6.45) is 5.03. The zero-order valence-electron chi connectivity index (χ0n) is 15.1. The molecule has 150 valence electrons. The lowest BCUT2D eigenvalue weighted by molar-refractivity contribution is 0.0730. The molecule has 1 aliphatic carbocycles. The lowest BCUT2D eigenvalue weighted by Gasteiger charge is -2.35. The second-order valence-electron chi connectivity index (χ2n) is 7.32. The minimum Gasteiger partial charge on any atom is -0.379 e. The Morgan fingerprint density at radius 2 is 1.78 bits per heavy atom. The maximum atomic E-state index is 12.8. The first-order valence-corrected chi connectivity index (χ1v) is 12.3. The van der Waals surface area contributed by atoms with Gasteiger partial charge in [-0.15, -0.1) is 0 Å². The molecule has 10 heteroatoms. The predicted octanol–water partition coefficient (Wildman–Crippen LogP) is 1.32. The van der Waals surface area contributed by atoms with E-state index in [9.17, 15) is 16.8 Å². The third kappa shape index (κ3) is 3.73. The van der Waals surface area contributed by atoms with Crippen molar-refractivity contribution in [1.29, 1.82) is 0 Å². The monoisotopic (exact) mass is 415 g/mol. The van der Waals surface area contributed by atoms with Crippen molar-refractivity contribution in [3.63, 3.8) is 0 Å². The van der Waals surface area contributed by atoms with Crippen LogP contribution in [0.1, 0.15) is 32.1 Å². The number of hydrogen-bond donors (Lipinski definition) is 2. The number of benzene rings is 1. The highest BCUT2D eigenvalue weighted by atomic mass is 32.2. The Bertz CT molecular complexity index is 904. The SMILES string of the molecule is O=S1(=O)NC(C2CCCCC2)Nc2ccc(S(=O)(=O)N3CCOCC3)cc21. The molecule has 2 aliphatic heterocycles. The molecule has 27 heavy (non-hydrogen) atoms. The van der Waals surface area contributed by atoms with E-state index in [-0.39, 0.29) is 35.0 Å².